The van der Waals surface area contributed by atoms with Crippen molar-refractivity contribution in [1.82, 2.24) is 25.5 Å². The van der Waals surface area contributed by atoms with E-state index in [0.717, 1.165) is 33.2 Å². The SMILES string of the molecule is CNCC(NC(=O)c1ccc(-c2ccccc2)cn1)C(=O)C1CCN(C(=O)Cc2ccc3[nH]c(=O)cc(C)c3c2)CC1. The van der Waals surface area contributed by atoms with Crippen LogP contribution in [0.3, 0.4) is 0 Å². The van der Waals surface area contributed by atoms with Crippen molar-refractivity contribution in [3.8, 4) is 11.1 Å². The maximum absolute atomic E-state index is 13.4. The standard InChI is InChI=1S/C33H35N5O4/c1-21-16-30(39)36-27-10-8-22(17-26(21)27)18-31(40)38-14-12-24(13-15-38)32(41)29(20-34-2)37-33(42)28-11-9-25(19-35-28)23-6-4-3-5-7-23/h3-11,16-17,19,24,29,34H,12-15,18,20H2,1-2H3,(H,36,39)(H,37,42). The van der Waals surface area contributed by atoms with Gasteiger partial charge in [0.15, 0.2) is 5.78 Å². The number of fused-ring (bicyclic) bond motifs is 1. The Morgan fingerprint density at radius 1 is 1.00 bits per heavy atom. The molecule has 1 atom stereocenters. The number of benzene rings is 2. The van der Waals surface area contributed by atoms with Gasteiger partial charge in [-0.1, -0.05) is 42.5 Å². The minimum absolute atomic E-state index is 0.00688. The van der Waals surface area contributed by atoms with Crippen molar-refractivity contribution in [3.05, 3.63) is 100 Å². The number of amides is 2. The molecule has 3 heterocycles. The Hall–Kier alpha value is -4.63. The van der Waals surface area contributed by atoms with Gasteiger partial charge in [-0.3, -0.25) is 24.2 Å². The van der Waals surface area contributed by atoms with Crippen molar-refractivity contribution in [2.45, 2.75) is 32.2 Å². The monoisotopic (exact) mass is 565 g/mol. The van der Waals surface area contributed by atoms with E-state index < -0.39 is 11.9 Å². The minimum atomic E-state index is -0.697. The van der Waals surface area contributed by atoms with Crippen molar-refractivity contribution in [2.24, 2.45) is 5.92 Å². The number of aromatic amines is 1. The van der Waals surface area contributed by atoms with Crippen LogP contribution < -0.4 is 16.2 Å². The molecule has 0 aliphatic carbocycles. The highest BCUT2D eigenvalue weighted by Crippen LogP contribution is 2.22. The van der Waals surface area contributed by atoms with Gasteiger partial charge in [0.05, 0.1) is 6.42 Å². The Kier molecular flexibility index (Phi) is 8.88. The van der Waals surface area contributed by atoms with Crippen LogP contribution in [0.25, 0.3) is 22.0 Å². The van der Waals surface area contributed by atoms with E-state index in [-0.39, 0.29) is 35.3 Å². The zero-order valence-electron chi connectivity index (χ0n) is 23.9. The molecule has 3 N–H and O–H groups in total. The van der Waals surface area contributed by atoms with E-state index in [9.17, 15) is 19.2 Å². The second kappa shape index (κ2) is 12.9. The number of ketones is 1. The average Bonchev–Trinajstić information content (AvgIpc) is 3.01. The summed E-state index contributed by atoms with van der Waals surface area (Å²) >= 11 is 0. The van der Waals surface area contributed by atoms with Crippen molar-refractivity contribution in [2.75, 3.05) is 26.7 Å². The Labute approximate surface area is 244 Å². The van der Waals surface area contributed by atoms with E-state index in [0.29, 0.717) is 32.5 Å². The number of carbonyl (C=O) groups excluding carboxylic acids is 3. The largest absolute Gasteiger partial charge is 0.342 e. The summed E-state index contributed by atoms with van der Waals surface area (Å²) in [5.74, 6) is -0.677. The molecule has 9 nitrogen and oxygen atoms in total. The lowest BCUT2D eigenvalue weighted by atomic mass is 9.88. The quantitative estimate of drug-likeness (QED) is 0.286. The smallest absolute Gasteiger partial charge is 0.270 e. The average molecular weight is 566 g/mol. The highest BCUT2D eigenvalue weighted by atomic mass is 16.2. The van der Waals surface area contributed by atoms with E-state index in [1.54, 1.807) is 30.3 Å². The van der Waals surface area contributed by atoms with Gasteiger partial charge in [-0.05, 0) is 61.7 Å². The first-order valence-electron chi connectivity index (χ1n) is 14.2. The van der Waals surface area contributed by atoms with Gasteiger partial charge in [0.1, 0.15) is 11.7 Å². The van der Waals surface area contributed by atoms with Crippen LogP contribution in [0.1, 0.15) is 34.5 Å². The molecule has 1 saturated heterocycles. The number of H-pyrrole nitrogens is 1. The summed E-state index contributed by atoms with van der Waals surface area (Å²) in [4.78, 5) is 60.2. The Balaban J connectivity index is 1.16. The normalized spacial score (nSPS) is 14.5. The van der Waals surface area contributed by atoms with E-state index in [1.807, 2.05) is 61.5 Å². The lowest BCUT2D eigenvalue weighted by Gasteiger charge is -2.33. The van der Waals surface area contributed by atoms with Crippen LogP contribution in [0.4, 0.5) is 0 Å². The number of piperidine rings is 1. The highest BCUT2D eigenvalue weighted by molar-refractivity contribution is 5.97. The molecule has 2 aromatic carbocycles. The van der Waals surface area contributed by atoms with Crippen LogP contribution in [0.2, 0.25) is 0 Å². The molecule has 1 unspecified atom stereocenters. The van der Waals surface area contributed by atoms with E-state index in [2.05, 4.69) is 20.6 Å². The van der Waals surface area contributed by atoms with Crippen LogP contribution in [0.15, 0.2) is 77.7 Å². The molecular weight excluding hydrogens is 530 g/mol. The van der Waals surface area contributed by atoms with Crippen molar-refractivity contribution >= 4 is 28.5 Å². The third kappa shape index (κ3) is 6.63. The van der Waals surface area contributed by atoms with Gasteiger partial charge in [-0.2, -0.15) is 0 Å². The molecule has 216 valence electrons. The summed E-state index contributed by atoms with van der Waals surface area (Å²) in [7, 11) is 1.74. The Morgan fingerprint density at radius 3 is 2.45 bits per heavy atom. The molecule has 0 bridgehead atoms. The molecule has 1 fully saturated rings. The molecule has 1 aliphatic heterocycles. The zero-order chi connectivity index (χ0) is 29.6. The maximum atomic E-state index is 13.4. The van der Waals surface area contributed by atoms with Crippen molar-refractivity contribution < 1.29 is 14.4 Å². The number of aromatic nitrogens is 2. The first-order valence-corrected chi connectivity index (χ1v) is 14.2. The van der Waals surface area contributed by atoms with Gasteiger partial charge in [-0.25, -0.2) is 0 Å². The molecule has 9 heteroatoms. The second-order valence-electron chi connectivity index (χ2n) is 10.8. The van der Waals surface area contributed by atoms with Crippen molar-refractivity contribution in [3.63, 3.8) is 0 Å². The van der Waals surface area contributed by atoms with Crippen LogP contribution >= 0.6 is 0 Å². The second-order valence-corrected chi connectivity index (χ2v) is 10.8. The molecular formula is C33H35N5O4. The fraction of sp³-hybridized carbons (Fsp3) is 0.303. The number of rotatable bonds is 9. The summed E-state index contributed by atoms with van der Waals surface area (Å²) in [5, 5.41) is 6.79. The van der Waals surface area contributed by atoms with Gasteiger partial charge >= 0.3 is 0 Å². The summed E-state index contributed by atoms with van der Waals surface area (Å²) < 4.78 is 0. The number of nitrogens with zero attached hydrogens (tertiary/aromatic N) is 2. The Morgan fingerprint density at radius 2 is 1.76 bits per heavy atom. The number of carbonyl (C=O) groups is 3. The number of pyridine rings is 2. The topological polar surface area (TPSA) is 124 Å². The summed E-state index contributed by atoms with van der Waals surface area (Å²) in [6.45, 7) is 3.15. The fourth-order valence-corrected chi connectivity index (χ4v) is 5.55. The molecule has 5 rings (SSSR count). The summed E-state index contributed by atoms with van der Waals surface area (Å²) in [6, 6.07) is 19.8. The zero-order valence-corrected chi connectivity index (χ0v) is 23.9. The van der Waals surface area contributed by atoms with Crippen LogP contribution in [0, 0.1) is 12.8 Å². The first kappa shape index (κ1) is 28.9. The maximum Gasteiger partial charge on any atom is 0.270 e. The van der Waals surface area contributed by atoms with Crippen molar-refractivity contribution in [1.29, 1.82) is 0 Å². The third-order valence-electron chi connectivity index (χ3n) is 7.88. The van der Waals surface area contributed by atoms with Gasteiger partial charge in [0.2, 0.25) is 11.5 Å². The molecule has 0 radical (unpaired) electrons. The fourth-order valence-electron chi connectivity index (χ4n) is 5.55. The highest BCUT2D eigenvalue weighted by Gasteiger charge is 2.32. The molecule has 0 spiro atoms. The van der Waals surface area contributed by atoms with Gasteiger partial charge in [0.25, 0.3) is 5.91 Å². The lowest BCUT2D eigenvalue weighted by molar-refractivity contribution is -0.134. The number of aryl methyl sites for hydroxylation is 1. The first-order chi connectivity index (χ1) is 20.3. The van der Waals surface area contributed by atoms with E-state index >= 15 is 0 Å². The number of likely N-dealkylation sites (tertiary alicyclic amines) is 1. The van der Waals surface area contributed by atoms with Gasteiger partial charge in [-0.15, -0.1) is 0 Å². The molecule has 1 aliphatic rings. The van der Waals surface area contributed by atoms with Crippen LogP contribution in [-0.4, -0.2) is 65.2 Å². The molecule has 4 aromatic rings. The number of Topliss-reactive ketones (excluding diaryl/α,β-unsaturated/α-hetero) is 1. The predicted molar refractivity (Wildman–Crippen MR) is 162 cm³/mol. The number of hydrogen-bond donors (Lipinski definition) is 3. The minimum Gasteiger partial charge on any atom is -0.342 e. The van der Waals surface area contributed by atoms with E-state index in [1.165, 1.54) is 0 Å². The molecule has 42 heavy (non-hydrogen) atoms. The third-order valence-corrected chi connectivity index (χ3v) is 7.88. The van der Waals surface area contributed by atoms with Gasteiger partial charge in [0, 0.05) is 54.3 Å². The molecule has 2 aromatic heterocycles. The molecule has 2 amide bonds. The predicted octanol–water partition coefficient (Wildman–Crippen LogP) is 3.27. The number of likely N-dealkylation sites (N-methyl/N-ethyl adjacent to an activating group) is 1. The number of hydrogen-bond acceptors (Lipinski definition) is 6. The van der Waals surface area contributed by atoms with Crippen LogP contribution in [0.5, 0.6) is 0 Å². The van der Waals surface area contributed by atoms with E-state index in [4.69, 9.17) is 0 Å². The van der Waals surface area contributed by atoms with Gasteiger partial charge < -0.3 is 20.5 Å². The van der Waals surface area contributed by atoms with Crippen LogP contribution in [-0.2, 0) is 16.0 Å². The lowest BCUT2D eigenvalue weighted by Crippen LogP contribution is -2.51. The summed E-state index contributed by atoms with van der Waals surface area (Å²) in [6.07, 6.45) is 3.00. The summed E-state index contributed by atoms with van der Waals surface area (Å²) in [5.41, 5.74) is 4.51. The number of nitrogens with one attached hydrogen (secondary N) is 3. The Bertz CT molecular complexity index is 1640. The molecule has 0 saturated carbocycles.